The number of hydrogen-bond donors (Lipinski definition) is 0. The lowest BCUT2D eigenvalue weighted by Gasteiger charge is -2.16. The minimum Gasteiger partial charge on any atom is -0.495 e. The van der Waals surface area contributed by atoms with Gasteiger partial charge < -0.3 is 4.74 Å². The average molecular weight is 450 g/mol. The molecule has 5 rings (SSSR count). The Labute approximate surface area is 196 Å². The second-order valence-corrected chi connectivity index (χ2v) is 8.80. The van der Waals surface area contributed by atoms with Gasteiger partial charge in [0.2, 0.25) is 0 Å². The number of methoxy groups -OCH3 is 1. The lowest BCUT2D eigenvalue weighted by Crippen LogP contribution is -2.21. The molecule has 3 heterocycles. The van der Waals surface area contributed by atoms with Crippen LogP contribution in [0.15, 0.2) is 71.9 Å². The summed E-state index contributed by atoms with van der Waals surface area (Å²) in [4.78, 5) is 22.2. The maximum atomic E-state index is 13.3. The molecular formula is C27H23N5O2. The largest absolute Gasteiger partial charge is 0.495 e. The molecule has 2 aromatic carbocycles. The molecule has 168 valence electrons. The molecule has 0 unspecified atom stereocenters. The number of ether oxygens (including phenoxy) is 1. The van der Waals surface area contributed by atoms with Crippen LogP contribution in [0.5, 0.6) is 5.75 Å². The second kappa shape index (κ2) is 7.85. The molecule has 0 fully saturated rings. The van der Waals surface area contributed by atoms with E-state index in [0.717, 1.165) is 44.3 Å². The molecule has 0 bridgehead atoms. The number of rotatable bonds is 4. The topological polar surface area (TPSA) is 85.7 Å². The monoisotopic (exact) mass is 449 g/mol. The van der Waals surface area contributed by atoms with Crippen LogP contribution in [0.2, 0.25) is 0 Å². The van der Waals surface area contributed by atoms with Crippen molar-refractivity contribution in [1.29, 1.82) is 5.26 Å². The van der Waals surface area contributed by atoms with Gasteiger partial charge in [-0.25, -0.2) is 4.79 Å². The molecule has 34 heavy (non-hydrogen) atoms. The minimum absolute atomic E-state index is 0.162. The first kappa shape index (κ1) is 21.4. The second-order valence-electron chi connectivity index (χ2n) is 8.80. The van der Waals surface area contributed by atoms with Gasteiger partial charge in [0, 0.05) is 24.2 Å². The highest BCUT2D eigenvalue weighted by atomic mass is 16.5. The predicted molar refractivity (Wildman–Crippen MR) is 132 cm³/mol. The zero-order chi connectivity index (χ0) is 24.0. The van der Waals surface area contributed by atoms with Crippen LogP contribution >= 0.6 is 0 Å². The molecule has 3 aromatic heterocycles. The van der Waals surface area contributed by atoms with Gasteiger partial charge in [-0.3, -0.25) is 19.1 Å². The van der Waals surface area contributed by atoms with E-state index in [1.54, 1.807) is 41.9 Å². The first-order valence-electron chi connectivity index (χ1n) is 10.9. The smallest absolute Gasteiger partial charge is 0.333 e. The van der Waals surface area contributed by atoms with E-state index < -0.39 is 5.41 Å². The number of fused-ring (bicyclic) bond motifs is 3. The summed E-state index contributed by atoms with van der Waals surface area (Å²) in [6, 6.07) is 17.8. The van der Waals surface area contributed by atoms with Gasteiger partial charge in [0.1, 0.15) is 5.75 Å². The van der Waals surface area contributed by atoms with Crippen LogP contribution < -0.4 is 10.4 Å². The normalized spacial score (nSPS) is 11.6. The molecule has 0 aliphatic rings. The van der Waals surface area contributed by atoms with Crippen molar-refractivity contribution in [2.45, 2.75) is 19.3 Å². The number of aromatic nitrogens is 4. The summed E-state index contributed by atoms with van der Waals surface area (Å²) < 4.78 is 8.64. The Kier molecular flexibility index (Phi) is 4.94. The van der Waals surface area contributed by atoms with Gasteiger partial charge in [0.05, 0.1) is 53.2 Å². The van der Waals surface area contributed by atoms with Crippen molar-refractivity contribution in [2.24, 2.45) is 7.05 Å². The van der Waals surface area contributed by atoms with Gasteiger partial charge in [-0.05, 0) is 55.3 Å². The number of benzene rings is 2. The number of aryl methyl sites for hydroxylation is 1. The summed E-state index contributed by atoms with van der Waals surface area (Å²) >= 11 is 0. The van der Waals surface area contributed by atoms with Crippen molar-refractivity contribution in [3.63, 3.8) is 0 Å². The van der Waals surface area contributed by atoms with E-state index >= 15 is 0 Å². The fourth-order valence-corrected chi connectivity index (χ4v) is 4.20. The molecular weight excluding hydrogens is 426 g/mol. The van der Waals surface area contributed by atoms with Gasteiger partial charge in [-0.1, -0.05) is 18.2 Å². The lowest BCUT2D eigenvalue weighted by molar-refractivity contribution is 0.413. The highest BCUT2D eigenvalue weighted by Crippen LogP contribution is 2.31. The van der Waals surface area contributed by atoms with Crippen LogP contribution in [0.3, 0.4) is 0 Å². The van der Waals surface area contributed by atoms with Crippen molar-refractivity contribution in [3.8, 4) is 28.6 Å². The number of pyridine rings is 2. The number of hydrogen-bond acceptors (Lipinski definition) is 5. The van der Waals surface area contributed by atoms with Crippen LogP contribution in [0.1, 0.15) is 19.4 Å². The first-order valence-corrected chi connectivity index (χ1v) is 10.9. The van der Waals surface area contributed by atoms with Crippen LogP contribution in [-0.2, 0) is 12.5 Å². The van der Waals surface area contributed by atoms with Crippen LogP contribution in [0.4, 0.5) is 0 Å². The Bertz CT molecular complexity index is 1650. The highest BCUT2D eigenvalue weighted by molar-refractivity contribution is 6.04. The molecule has 0 saturated carbocycles. The quantitative estimate of drug-likeness (QED) is 0.395. The zero-order valence-electron chi connectivity index (χ0n) is 19.4. The fraction of sp³-hybridized carbons (Fsp3) is 0.185. The van der Waals surface area contributed by atoms with Gasteiger partial charge in [-0.15, -0.1) is 0 Å². The molecule has 0 amide bonds. The third kappa shape index (κ3) is 3.32. The third-order valence-corrected chi connectivity index (χ3v) is 6.29. The van der Waals surface area contributed by atoms with Crippen molar-refractivity contribution in [2.75, 3.05) is 7.11 Å². The molecule has 0 N–H and O–H groups in total. The maximum Gasteiger partial charge on any atom is 0.333 e. The molecule has 7 heteroatoms. The average Bonchev–Trinajstić information content (AvgIpc) is 3.14. The Hall–Kier alpha value is -4.44. The van der Waals surface area contributed by atoms with Gasteiger partial charge >= 0.3 is 5.69 Å². The van der Waals surface area contributed by atoms with E-state index in [9.17, 15) is 10.1 Å². The third-order valence-electron chi connectivity index (χ3n) is 6.29. The van der Waals surface area contributed by atoms with E-state index in [4.69, 9.17) is 4.74 Å². The zero-order valence-corrected chi connectivity index (χ0v) is 19.4. The number of nitrogens with zero attached hydrogens (tertiary/aromatic N) is 5. The fourth-order valence-electron chi connectivity index (χ4n) is 4.20. The van der Waals surface area contributed by atoms with Crippen LogP contribution in [0, 0.1) is 11.3 Å². The summed E-state index contributed by atoms with van der Waals surface area (Å²) in [5, 5.41) is 10.3. The van der Waals surface area contributed by atoms with E-state index in [0.29, 0.717) is 5.75 Å². The maximum absolute atomic E-state index is 13.3. The molecule has 0 aliphatic heterocycles. The van der Waals surface area contributed by atoms with Crippen molar-refractivity contribution in [1.82, 2.24) is 19.1 Å². The summed E-state index contributed by atoms with van der Waals surface area (Å²) in [5.74, 6) is 0.672. The molecule has 0 spiro atoms. The summed E-state index contributed by atoms with van der Waals surface area (Å²) in [7, 11) is 3.36. The molecule has 0 aliphatic carbocycles. The number of imidazole rings is 1. The van der Waals surface area contributed by atoms with Crippen molar-refractivity contribution >= 4 is 21.9 Å². The molecule has 0 saturated heterocycles. The lowest BCUT2D eigenvalue weighted by atomic mass is 9.86. The van der Waals surface area contributed by atoms with E-state index in [1.807, 2.05) is 62.4 Å². The minimum atomic E-state index is -0.613. The van der Waals surface area contributed by atoms with Crippen LogP contribution in [-0.4, -0.2) is 26.2 Å². The van der Waals surface area contributed by atoms with E-state index in [2.05, 4.69) is 16.0 Å². The van der Waals surface area contributed by atoms with E-state index in [1.165, 1.54) is 0 Å². The summed E-state index contributed by atoms with van der Waals surface area (Å²) in [5.41, 5.74) is 5.01. The Morgan fingerprint density at radius 3 is 2.47 bits per heavy atom. The van der Waals surface area contributed by atoms with E-state index in [-0.39, 0.29) is 5.69 Å². The standard InChI is InChI=1S/C27H23N5O2/c1-27(2,16-28)19-6-8-20(9-7-19)32-25-22-12-17(18-11-21(34-4)14-29-13-18)5-10-23(22)30-15-24(25)31(3)26(32)33/h5-15H,1-4H3. The summed E-state index contributed by atoms with van der Waals surface area (Å²) in [6.07, 6.45) is 5.18. The Balaban J connectivity index is 1.77. The SMILES string of the molecule is COc1cncc(-c2ccc3ncc4c(c3c2)n(-c2ccc(C(C)(C)C#N)cc2)c(=O)n4C)c1. The Morgan fingerprint density at radius 1 is 1.00 bits per heavy atom. The number of nitriles is 1. The molecule has 0 atom stereocenters. The van der Waals surface area contributed by atoms with Crippen LogP contribution in [0.25, 0.3) is 38.8 Å². The molecule has 5 aromatic rings. The molecule has 7 nitrogen and oxygen atoms in total. The van der Waals surface area contributed by atoms with Crippen molar-refractivity contribution in [3.05, 3.63) is 83.2 Å². The van der Waals surface area contributed by atoms with Gasteiger partial charge in [0.15, 0.2) is 0 Å². The van der Waals surface area contributed by atoms with Crippen molar-refractivity contribution < 1.29 is 4.74 Å². The Morgan fingerprint density at radius 2 is 1.76 bits per heavy atom. The van der Waals surface area contributed by atoms with Gasteiger partial charge in [0.25, 0.3) is 0 Å². The van der Waals surface area contributed by atoms with Gasteiger partial charge in [-0.2, -0.15) is 5.26 Å². The summed E-state index contributed by atoms with van der Waals surface area (Å²) in [6.45, 7) is 3.75. The first-order chi connectivity index (χ1) is 16.3. The molecule has 0 radical (unpaired) electrons. The highest BCUT2D eigenvalue weighted by Gasteiger charge is 2.21. The predicted octanol–water partition coefficient (Wildman–Crippen LogP) is 4.75.